The first-order valence-corrected chi connectivity index (χ1v) is 13.7. The largest absolute Gasteiger partial charge is 0.748 e. The Hall–Kier alpha value is -0.130. The molecule has 0 aromatic rings. The number of hydrogen-bond donors (Lipinski definition) is 0. The maximum absolute atomic E-state index is 9.68. The van der Waals surface area contributed by atoms with Crippen molar-refractivity contribution in [2.75, 3.05) is 31.9 Å². The molecule has 172 valence electrons. The number of rotatable bonds is 18. The van der Waals surface area contributed by atoms with Gasteiger partial charge in [0.1, 0.15) is 0 Å². The zero-order valence-electron chi connectivity index (χ0n) is 19.8. The lowest BCUT2D eigenvalue weighted by Crippen LogP contribution is -2.50. The van der Waals surface area contributed by atoms with Crippen molar-refractivity contribution < 1.29 is 17.5 Å². The van der Waals surface area contributed by atoms with Gasteiger partial charge in [0.25, 0.3) is 0 Å². The van der Waals surface area contributed by atoms with Crippen molar-refractivity contribution in [3.05, 3.63) is 0 Å². The lowest BCUT2D eigenvalue weighted by molar-refractivity contribution is -0.929. The molecule has 0 aromatic carbocycles. The first kappa shape index (κ1) is 30.1. The lowest BCUT2D eigenvalue weighted by Gasteiger charge is -2.39. The van der Waals surface area contributed by atoms with Crippen molar-refractivity contribution >= 4 is 10.1 Å². The summed E-state index contributed by atoms with van der Waals surface area (Å²) in [4.78, 5) is 0. The van der Waals surface area contributed by atoms with Crippen LogP contribution in [0.15, 0.2) is 0 Å². The Bertz CT molecular complexity index is 388. The van der Waals surface area contributed by atoms with Crippen LogP contribution in [0, 0.1) is 0 Å². The summed E-state index contributed by atoms with van der Waals surface area (Å²) in [5.41, 5.74) is 0. The van der Waals surface area contributed by atoms with Gasteiger partial charge >= 0.3 is 0 Å². The van der Waals surface area contributed by atoms with E-state index in [1.807, 2.05) is 0 Å². The molecule has 0 atom stereocenters. The lowest BCUT2D eigenvalue weighted by atomic mass is 10.1. The second-order valence-electron chi connectivity index (χ2n) is 8.33. The summed E-state index contributed by atoms with van der Waals surface area (Å²) in [5.74, 6) is -0.243. The molecule has 0 aliphatic carbocycles. The molecule has 0 fully saturated rings. The minimum absolute atomic E-state index is 0.243. The number of nitrogens with zero attached hydrogens (tertiary/aromatic N) is 1. The predicted molar refractivity (Wildman–Crippen MR) is 123 cm³/mol. The van der Waals surface area contributed by atoms with Gasteiger partial charge in [-0.3, -0.25) is 0 Å². The van der Waals surface area contributed by atoms with Crippen molar-refractivity contribution in [2.45, 2.75) is 118 Å². The van der Waals surface area contributed by atoms with Crippen molar-refractivity contribution in [3.63, 3.8) is 0 Å². The zero-order chi connectivity index (χ0) is 21.7. The van der Waals surface area contributed by atoms with E-state index in [9.17, 15) is 13.0 Å². The Morgan fingerprint density at radius 3 is 1.21 bits per heavy atom. The number of hydrogen-bond acceptors (Lipinski definition) is 3. The maximum Gasteiger partial charge on any atom is 0.0945 e. The third-order valence-corrected chi connectivity index (χ3v) is 6.31. The van der Waals surface area contributed by atoms with E-state index in [0.717, 1.165) is 0 Å². The van der Waals surface area contributed by atoms with E-state index in [2.05, 4.69) is 27.7 Å². The van der Waals surface area contributed by atoms with Gasteiger partial charge in [-0.15, -0.1) is 0 Å². The Labute approximate surface area is 177 Å². The van der Waals surface area contributed by atoms with E-state index in [-0.39, 0.29) is 5.75 Å². The van der Waals surface area contributed by atoms with Crippen LogP contribution < -0.4 is 0 Å². The standard InChI is InChI=1S/C20H44N.C3H8O3S/c1-5-9-13-14-15-16-20-21(17-10-6-2,18-11-7-3)19-12-8-4;1-2-3-7(4,5)6/h5-20H2,1-4H3;2-3H2,1H3,(H,4,5,6)/q+1;/p-1. The molecule has 0 aliphatic heterocycles. The number of unbranched alkanes of at least 4 members (excludes halogenated alkanes) is 8. The third-order valence-electron chi connectivity index (χ3n) is 5.40. The van der Waals surface area contributed by atoms with Crippen LogP contribution in [0.4, 0.5) is 0 Å². The van der Waals surface area contributed by atoms with Crippen LogP contribution in [-0.4, -0.2) is 49.4 Å². The van der Waals surface area contributed by atoms with Gasteiger partial charge in [-0.1, -0.05) is 79.6 Å². The molecule has 0 aliphatic rings. The van der Waals surface area contributed by atoms with Crippen LogP contribution in [0.25, 0.3) is 0 Å². The molecular formula is C23H51NO3S. The summed E-state index contributed by atoms with van der Waals surface area (Å²) in [6.45, 7) is 16.8. The van der Waals surface area contributed by atoms with Gasteiger partial charge in [0.15, 0.2) is 0 Å². The van der Waals surface area contributed by atoms with Crippen LogP contribution >= 0.6 is 0 Å². The van der Waals surface area contributed by atoms with E-state index in [0.29, 0.717) is 6.42 Å². The fourth-order valence-electron chi connectivity index (χ4n) is 3.63. The van der Waals surface area contributed by atoms with Gasteiger partial charge in [-0.2, -0.15) is 0 Å². The molecule has 0 aromatic heterocycles. The molecule has 0 unspecified atom stereocenters. The van der Waals surface area contributed by atoms with Crippen LogP contribution in [-0.2, 0) is 10.1 Å². The molecule has 28 heavy (non-hydrogen) atoms. The molecule has 5 heteroatoms. The predicted octanol–water partition coefficient (Wildman–Crippen LogP) is 6.51. The van der Waals surface area contributed by atoms with Crippen LogP contribution in [0.2, 0.25) is 0 Å². The highest BCUT2D eigenvalue weighted by Gasteiger charge is 2.24. The Kier molecular flexibility index (Phi) is 21.6. The quantitative estimate of drug-likeness (QED) is 0.144. The molecular weight excluding hydrogens is 370 g/mol. The normalized spacial score (nSPS) is 11.9. The second-order valence-corrected chi connectivity index (χ2v) is 9.85. The second kappa shape index (κ2) is 20.2. The van der Waals surface area contributed by atoms with E-state index < -0.39 is 10.1 Å². The average molecular weight is 422 g/mol. The molecule has 0 N–H and O–H groups in total. The van der Waals surface area contributed by atoms with Crippen LogP contribution in [0.1, 0.15) is 118 Å². The number of quaternary nitrogens is 1. The molecule has 0 bridgehead atoms. The highest BCUT2D eigenvalue weighted by atomic mass is 32.2. The zero-order valence-corrected chi connectivity index (χ0v) is 20.6. The minimum Gasteiger partial charge on any atom is -0.748 e. The smallest absolute Gasteiger partial charge is 0.0945 e. The van der Waals surface area contributed by atoms with Gasteiger partial charge in [0, 0.05) is 5.75 Å². The van der Waals surface area contributed by atoms with E-state index >= 15 is 0 Å². The van der Waals surface area contributed by atoms with Crippen molar-refractivity contribution in [3.8, 4) is 0 Å². The Morgan fingerprint density at radius 1 is 0.536 bits per heavy atom. The van der Waals surface area contributed by atoms with Gasteiger partial charge < -0.3 is 9.04 Å². The fraction of sp³-hybridized carbons (Fsp3) is 1.00. The Balaban J connectivity index is 0. The van der Waals surface area contributed by atoms with Crippen LogP contribution in [0.3, 0.4) is 0 Å². The molecule has 0 rings (SSSR count). The summed E-state index contributed by atoms with van der Waals surface area (Å²) in [7, 11) is -3.92. The summed E-state index contributed by atoms with van der Waals surface area (Å²) in [5, 5.41) is 0. The molecule has 0 saturated heterocycles. The average Bonchev–Trinajstić information content (AvgIpc) is 2.65. The van der Waals surface area contributed by atoms with Crippen molar-refractivity contribution in [1.82, 2.24) is 0 Å². The Morgan fingerprint density at radius 2 is 0.893 bits per heavy atom. The highest BCUT2D eigenvalue weighted by molar-refractivity contribution is 7.85. The maximum atomic E-state index is 9.68. The molecule has 0 heterocycles. The van der Waals surface area contributed by atoms with Crippen molar-refractivity contribution in [2.24, 2.45) is 0 Å². The first-order valence-electron chi connectivity index (χ1n) is 12.1. The van der Waals surface area contributed by atoms with Gasteiger partial charge in [-0.25, -0.2) is 8.42 Å². The van der Waals surface area contributed by atoms with E-state index in [1.54, 1.807) is 6.92 Å². The molecule has 4 nitrogen and oxygen atoms in total. The van der Waals surface area contributed by atoms with Gasteiger partial charge in [0.2, 0.25) is 0 Å². The SMILES string of the molecule is CCCCCCCC[N+](CCCC)(CCCC)CCCC.CCCS(=O)(=O)[O-]. The summed E-state index contributed by atoms with van der Waals surface area (Å²) >= 11 is 0. The third kappa shape index (κ3) is 20.6. The van der Waals surface area contributed by atoms with E-state index in [4.69, 9.17) is 0 Å². The monoisotopic (exact) mass is 421 g/mol. The van der Waals surface area contributed by atoms with Crippen molar-refractivity contribution in [1.29, 1.82) is 0 Å². The molecule has 0 radical (unpaired) electrons. The van der Waals surface area contributed by atoms with Gasteiger partial charge in [0.05, 0.1) is 36.3 Å². The van der Waals surface area contributed by atoms with Crippen LogP contribution in [0.5, 0.6) is 0 Å². The molecule has 0 spiro atoms. The summed E-state index contributed by atoms with van der Waals surface area (Å²) in [6.07, 6.45) is 17.4. The fourth-order valence-corrected chi connectivity index (χ4v) is 4.13. The topological polar surface area (TPSA) is 57.2 Å². The minimum atomic E-state index is -3.92. The van der Waals surface area contributed by atoms with Gasteiger partial charge in [-0.05, 0) is 38.5 Å². The molecule has 0 amide bonds. The summed E-state index contributed by atoms with van der Waals surface area (Å²) < 4.78 is 30.5. The molecule has 0 saturated carbocycles. The first-order chi connectivity index (χ1) is 13.3. The highest BCUT2D eigenvalue weighted by Crippen LogP contribution is 2.17. The van der Waals surface area contributed by atoms with E-state index in [1.165, 1.54) is 108 Å². The summed E-state index contributed by atoms with van der Waals surface area (Å²) in [6, 6.07) is 0.